The maximum atomic E-state index is 12.6. The van der Waals surface area contributed by atoms with Crippen LogP contribution in [0.1, 0.15) is 20.7 Å². The zero-order valence-electron chi connectivity index (χ0n) is 17.2. The van der Waals surface area contributed by atoms with Gasteiger partial charge in [-0.3, -0.25) is 14.3 Å². The summed E-state index contributed by atoms with van der Waals surface area (Å²) in [5.74, 6) is -0.617. The van der Waals surface area contributed by atoms with Crippen LogP contribution in [0.5, 0.6) is 0 Å². The van der Waals surface area contributed by atoms with Gasteiger partial charge in [0.05, 0.1) is 0 Å². The number of hydrogen-bond donors (Lipinski definition) is 3. The Hall–Kier alpha value is -3.95. The van der Waals surface area contributed by atoms with Crippen molar-refractivity contribution in [1.29, 1.82) is 0 Å². The summed E-state index contributed by atoms with van der Waals surface area (Å²) in [5, 5.41) is 7.26. The standard InChI is InChI=1S/C24H19N3O4S2/c28-23(17-6-2-1-3-7-17)25-20-8-4-9-21(16-20)26-24(29)18-11-13-19(14-12-18)27-33(30,31)22-10-5-15-32-22/h1-16,27H,(H,25,28)(H,26,29). The van der Waals surface area contributed by atoms with Crippen molar-refractivity contribution in [2.24, 2.45) is 0 Å². The van der Waals surface area contributed by atoms with Crippen LogP contribution in [0.4, 0.5) is 17.1 Å². The predicted molar refractivity (Wildman–Crippen MR) is 130 cm³/mol. The Kier molecular flexibility index (Phi) is 6.53. The Morgan fingerprint density at radius 2 is 1.24 bits per heavy atom. The minimum atomic E-state index is -3.65. The van der Waals surface area contributed by atoms with Crippen LogP contribution in [-0.2, 0) is 10.0 Å². The molecule has 0 aliphatic carbocycles. The van der Waals surface area contributed by atoms with E-state index in [9.17, 15) is 18.0 Å². The van der Waals surface area contributed by atoms with Gasteiger partial charge < -0.3 is 10.6 Å². The molecule has 1 heterocycles. The smallest absolute Gasteiger partial charge is 0.271 e. The molecule has 7 nitrogen and oxygen atoms in total. The third-order valence-corrected chi connectivity index (χ3v) is 7.35. The van der Waals surface area contributed by atoms with E-state index in [4.69, 9.17) is 0 Å². The second-order valence-corrected chi connectivity index (χ2v) is 9.83. The van der Waals surface area contributed by atoms with Crippen molar-refractivity contribution < 1.29 is 18.0 Å². The Balaban J connectivity index is 1.40. The lowest BCUT2D eigenvalue weighted by molar-refractivity contribution is 0.101. The van der Waals surface area contributed by atoms with E-state index >= 15 is 0 Å². The Labute approximate surface area is 195 Å². The minimum Gasteiger partial charge on any atom is -0.322 e. The van der Waals surface area contributed by atoms with Gasteiger partial charge in [0.15, 0.2) is 0 Å². The first-order chi connectivity index (χ1) is 15.9. The maximum absolute atomic E-state index is 12.6. The molecule has 9 heteroatoms. The van der Waals surface area contributed by atoms with Crippen LogP contribution < -0.4 is 15.4 Å². The van der Waals surface area contributed by atoms with Gasteiger partial charge >= 0.3 is 0 Å². The van der Waals surface area contributed by atoms with Gasteiger partial charge in [-0.05, 0) is 66.0 Å². The van der Waals surface area contributed by atoms with Gasteiger partial charge in [0.2, 0.25) is 0 Å². The first-order valence-corrected chi connectivity index (χ1v) is 12.2. The first-order valence-electron chi connectivity index (χ1n) is 9.85. The van der Waals surface area contributed by atoms with Gasteiger partial charge in [0, 0.05) is 28.2 Å². The van der Waals surface area contributed by atoms with E-state index < -0.39 is 10.0 Å². The second kappa shape index (κ2) is 9.68. The first kappa shape index (κ1) is 22.3. The predicted octanol–water partition coefficient (Wildman–Crippen LogP) is 5.05. The number of anilines is 3. The van der Waals surface area contributed by atoms with Gasteiger partial charge in [0.25, 0.3) is 21.8 Å². The van der Waals surface area contributed by atoms with Crippen molar-refractivity contribution in [2.45, 2.75) is 4.21 Å². The van der Waals surface area contributed by atoms with E-state index in [0.29, 0.717) is 28.2 Å². The second-order valence-electron chi connectivity index (χ2n) is 6.97. The zero-order valence-corrected chi connectivity index (χ0v) is 18.8. The molecule has 0 radical (unpaired) electrons. The molecule has 0 saturated carbocycles. The lowest BCUT2D eigenvalue weighted by Crippen LogP contribution is -2.14. The van der Waals surface area contributed by atoms with E-state index in [2.05, 4.69) is 15.4 Å². The van der Waals surface area contributed by atoms with Crippen molar-refractivity contribution in [1.82, 2.24) is 0 Å². The molecule has 0 spiro atoms. The summed E-state index contributed by atoms with van der Waals surface area (Å²) in [6, 6.07) is 24.9. The van der Waals surface area contributed by atoms with Crippen LogP contribution in [0.2, 0.25) is 0 Å². The normalized spacial score (nSPS) is 10.9. The van der Waals surface area contributed by atoms with E-state index in [1.165, 1.54) is 30.3 Å². The summed E-state index contributed by atoms with van der Waals surface area (Å²) in [5.41, 5.74) is 2.29. The number of thiophene rings is 1. The van der Waals surface area contributed by atoms with Crippen LogP contribution in [0, 0.1) is 0 Å². The lowest BCUT2D eigenvalue weighted by Gasteiger charge is -2.10. The molecule has 0 saturated heterocycles. The van der Waals surface area contributed by atoms with E-state index in [1.807, 2.05) is 6.07 Å². The molecule has 3 N–H and O–H groups in total. The summed E-state index contributed by atoms with van der Waals surface area (Å²) in [6.07, 6.45) is 0. The monoisotopic (exact) mass is 477 g/mol. The molecular weight excluding hydrogens is 458 g/mol. The van der Waals surface area contributed by atoms with Crippen molar-refractivity contribution in [2.75, 3.05) is 15.4 Å². The average molecular weight is 478 g/mol. The van der Waals surface area contributed by atoms with Crippen molar-refractivity contribution in [3.63, 3.8) is 0 Å². The SMILES string of the molecule is O=C(Nc1cccc(NC(=O)c2ccc(NS(=O)(=O)c3cccs3)cc2)c1)c1ccccc1. The molecule has 4 rings (SSSR count). The zero-order chi connectivity index (χ0) is 23.3. The van der Waals surface area contributed by atoms with E-state index in [1.54, 1.807) is 60.0 Å². The number of carbonyl (C=O) groups excluding carboxylic acids is 2. The van der Waals surface area contributed by atoms with Crippen LogP contribution in [-0.4, -0.2) is 20.2 Å². The van der Waals surface area contributed by atoms with Crippen LogP contribution in [0.15, 0.2) is 101 Å². The highest BCUT2D eigenvalue weighted by Gasteiger charge is 2.15. The molecule has 166 valence electrons. The summed E-state index contributed by atoms with van der Waals surface area (Å²) >= 11 is 1.12. The van der Waals surface area contributed by atoms with Crippen molar-refractivity contribution >= 4 is 50.2 Å². The van der Waals surface area contributed by atoms with Crippen LogP contribution in [0.25, 0.3) is 0 Å². The Morgan fingerprint density at radius 1 is 0.636 bits per heavy atom. The molecule has 0 atom stereocenters. The van der Waals surface area contributed by atoms with E-state index in [0.717, 1.165) is 11.3 Å². The molecule has 1 aromatic heterocycles. The molecule has 0 aliphatic rings. The van der Waals surface area contributed by atoms with Gasteiger partial charge in [0.1, 0.15) is 4.21 Å². The quantitative estimate of drug-likeness (QED) is 0.346. The topological polar surface area (TPSA) is 104 Å². The molecule has 33 heavy (non-hydrogen) atoms. The van der Waals surface area contributed by atoms with Gasteiger partial charge in [-0.15, -0.1) is 11.3 Å². The fourth-order valence-electron chi connectivity index (χ4n) is 2.98. The molecule has 0 fully saturated rings. The highest BCUT2D eigenvalue weighted by Crippen LogP contribution is 2.21. The molecule has 4 aromatic rings. The molecular formula is C24H19N3O4S2. The Morgan fingerprint density at radius 3 is 1.82 bits per heavy atom. The number of nitrogens with one attached hydrogen (secondary N) is 3. The maximum Gasteiger partial charge on any atom is 0.271 e. The summed E-state index contributed by atoms with van der Waals surface area (Å²) in [4.78, 5) is 24.9. The average Bonchev–Trinajstić information content (AvgIpc) is 3.36. The third kappa shape index (κ3) is 5.65. The number of amides is 2. The molecule has 3 aromatic carbocycles. The van der Waals surface area contributed by atoms with Crippen LogP contribution in [0.3, 0.4) is 0 Å². The van der Waals surface area contributed by atoms with Crippen molar-refractivity contribution in [3.05, 3.63) is 108 Å². The highest BCUT2D eigenvalue weighted by molar-refractivity contribution is 7.94. The number of benzene rings is 3. The highest BCUT2D eigenvalue weighted by atomic mass is 32.2. The van der Waals surface area contributed by atoms with Gasteiger partial charge in [-0.25, -0.2) is 8.42 Å². The largest absolute Gasteiger partial charge is 0.322 e. The summed E-state index contributed by atoms with van der Waals surface area (Å²) in [7, 11) is -3.65. The molecule has 0 bridgehead atoms. The molecule has 0 unspecified atom stereocenters. The van der Waals surface area contributed by atoms with E-state index in [-0.39, 0.29) is 16.0 Å². The third-order valence-electron chi connectivity index (χ3n) is 4.57. The van der Waals surface area contributed by atoms with Crippen LogP contribution >= 0.6 is 11.3 Å². The fourth-order valence-corrected chi connectivity index (χ4v) is 5.03. The number of carbonyl (C=O) groups is 2. The Bertz CT molecular complexity index is 1370. The van der Waals surface area contributed by atoms with Gasteiger partial charge in [-0.2, -0.15) is 0 Å². The summed E-state index contributed by atoms with van der Waals surface area (Å²) in [6.45, 7) is 0. The summed E-state index contributed by atoms with van der Waals surface area (Å²) < 4.78 is 27.3. The molecule has 0 aliphatic heterocycles. The fraction of sp³-hybridized carbons (Fsp3) is 0. The number of rotatable bonds is 7. The van der Waals surface area contributed by atoms with Crippen molar-refractivity contribution in [3.8, 4) is 0 Å². The molecule has 2 amide bonds. The lowest BCUT2D eigenvalue weighted by atomic mass is 10.2. The van der Waals surface area contributed by atoms with Gasteiger partial charge in [-0.1, -0.05) is 30.3 Å². The number of sulfonamides is 1. The number of hydrogen-bond acceptors (Lipinski definition) is 5. The minimum absolute atomic E-state index is 0.212.